The number of rotatable bonds is 5. The maximum Gasteiger partial charge on any atom is 0.193 e. The maximum absolute atomic E-state index is 4.78. The van der Waals surface area contributed by atoms with E-state index in [9.17, 15) is 0 Å². The van der Waals surface area contributed by atoms with Crippen molar-refractivity contribution in [3.8, 4) is 0 Å². The van der Waals surface area contributed by atoms with Crippen LogP contribution in [-0.4, -0.2) is 22.0 Å². The summed E-state index contributed by atoms with van der Waals surface area (Å²) in [6.45, 7) is 1.20. The molecule has 0 saturated heterocycles. The molecule has 19 heavy (non-hydrogen) atoms. The highest BCUT2D eigenvalue weighted by Crippen LogP contribution is 2.41. The first-order valence-electron chi connectivity index (χ1n) is 7.48. The van der Waals surface area contributed by atoms with Gasteiger partial charge in [0.2, 0.25) is 0 Å². The molecule has 2 aromatic rings. The third-order valence-corrected chi connectivity index (χ3v) is 5.48. The molecule has 2 saturated carbocycles. The lowest BCUT2D eigenvalue weighted by atomic mass is 9.81. The Morgan fingerprint density at radius 1 is 1.37 bits per heavy atom. The second-order valence-corrected chi connectivity index (χ2v) is 7.24. The van der Waals surface area contributed by atoms with Crippen molar-refractivity contribution in [2.75, 3.05) is 6.54 Å². The lowest BCUT2D eigenvalue weighted by Gasteiger charge is -2.28. The molecule has 2 fully saturated rings. The smallest absolute Gasteiger partial charge is 0.193 e. The van der Waals surface area contributed by atoms with E-state index in [-0.39, 0.29) is 0 Å². The van der Waals surface area contributed by atoms with Crippen molar-refractivity contribution in [3.63, 3.8) is 0 Å². The van der Waals surface area contributed by atoms with Crippen molar-refractivity contribution in [2.45, 2.75) is 51.0 Å². The van der Waals surface area contributed by atoms with Gasteiger partial charge in [-0.2, -0.15) is 0 Å². The zero-order valence-corrected chi connectivity index (χ0v) is 12.1. The Kier molecular flexibility index (Phi) is 2.88. The fourth-order valence-corrected chi connectivity index (χ4v) is 4.15. The number of nitrogens with zero attached hydrogens (tertiary/aromatic N) is 2. The average Bonchev–Trinajstić information content (AvgIpc) is 2.79. The SMILES string of the molecule is c1cn2cc(CC3(CNC4CC4)CCCC3)nc2s1. The van der Waals surface area contributed by atoms with Crippen molar-refractivity contribution < 1.29 is 0 Å². The van der Waals surface area contributed by atoms with Crippen LogP contribution in [0.25, 0.3) is 4.96 Å². The summed E-state index contributed by atoms with van der Waals surface area (Å²) in [5, 5.41) is 5.86. The van der Waals surface area contributed by atoms with Crippen LogP contribution in [-0.2, 0) is 6.42 Å². The van der Waals surface area contributed by atoms with E-state index < -0.39 is 0 Å². The summed E-state index contributed by atoms with van der Waals surface area (Å²) < 4.78 is 2.16. The molecule has 2 heterocycles. The highest BCUT2D eigenvalue weighted by molar-refractivity contribution is 7.15. The predicted molar refractivity (Wildman–Crippen MR) is 78.7 cm³/mol. The van der Waals surface area contributed by atoms with Gasteiger partial charge >= 0.3 is 0 Å². The highest BCUT2D eigenvalue weighted by Gasteiger charge is 2.36. The van der Waals surface area contributed by atoms with Crippen LogP contribution in [0.5, 0.6) is 0 Å². The summed E-state index contributed by atoms with van der Waals surface area (Å²) in [5.74, 6) is 0. The quantitative estimate of drug-likeness (QED) is 0.907. The van der Waals surface area contributed by atoms with E-state index in [1.807, 2.05) is 0 Å². The van der Waals surface area contributed by atoms with E-state index in [1.54, 1.807) is 11.3 Å². The summed E-state index contributed by atoms with van der Waals surface area (Å²) in [6, 6.07) is 0.822. The van der Waals surface area contributed by atoms with Gasteiger partial charge in [-0.05, 0) is 37.5 Å². The molecule has 2 aromatic heterocycles. The number of imidazole rings is 1. The second kappa shape index (κ2) is 4.60. The molecule has 2 aliphatic rings. The third kappa shape index (κ3) is 2.43. The van der Waals surface area contributed by atoms with Crippen molar-refractivity contribution in [1.29, 1.82) is 0 Å². The Hall–Kier alpha value is -0.870. The van der Waals surface area contributed by atoms with Gasteiger partial charge in [0.25, 0.3) is 0 Å². The second-order valence-electron chi connectivity index (χ2n) is 6.36. The molecule has 102 valence electrons. The lowest BCUT2D eigenvalue weighted by Crippen LogP contribution is -2.35. The standard InChI is InChI=1S/C15H21N3S/c1-2-6-15(5-1,11-16-12-3-4-12)9-13-10-18-7-8-19-14(18)17-13/h7-8,10,12,16H,1-6,9,11H2. The molecule has 0 amide bonds. The molecule has 0 bridgehead atoms. The van der Waals surface area contributed by atoms with Crippen LogP contribution < -0.4 is 5.32 Å². The molecule has 0 atom stereocenters. The van der Waals surface area contributed by atoms with Crippen LogP contribution in [0, 0.1) is 5.41 Å². The maximum atomic E-state index is 4.78. The van der Waals surface area contributed by atoms with Gasteiger partial charge in [-0.25, -0.2) is 4.98 Å². The number of fused-ring (bicyclic) bond motifs is 1. The van der Waals surface area contributed by atoms with Gasteiger partial charge in [-0.1, -0.05) is 12.8 Å². The largest absolute Gasteiger partial charge is 0.313 e. The van der Waals surface area contributed by atoms with Crippen LogP contribution in [0.2, 0.25) is 0 Å². The Morgan fingerprint density at radius 2 is 2.21 bits per heavy atom. The van der Waals surface area contributed by atoms with Crippen molar-refractivity contribution in [3.05, 3.63) is 23.5 Å². The molecule has 0 aromatic carbocycles. The van der Waals surface area contributed by atoms with E-state index in [1.165, 1.54) is 50.8 Å². The molecular weight excluding hydrogens is 254 g/mol. The molecule has 3 nitrogen and oxygen atoms in total. The van der Waals surface area contributed by atoms with Crippen LogP contribution in [0.4, 0.5) is 0 Å². The lowest BCUT2D eigenvalue weighted by molar-refractivity contribution is 0.274. The van der Waals surface area contributed by atoms with E-state index in [0.29, 0.717) is 5.41 Å². The van der Waals surface area contributed by atoms with Gasteiger partial charge in [0.15, 0.2) is 4.96 Å². The Bertz CT molecular complexity index is 532. The number of aromatic nitrogens is 2. The summed E-state index contributed by atoms with van der Waals surface area (Å²) in [7, 11) is 0. The van der Waals surface area contributed by atoms with E-state index >= 15 is 0 Å². The summed E-state index contributed by atoms with van der Waals surface area (Å²) in [6.07, 6.45) is 13.8. The first-order valence-corrected chi connectivity index (χ1v) is 8.36. The highest BCUT2D eigenvalue weighted by atomic mass is 32.1. The predicted octanol–water partition coefficient (Wildman–Crippen LogP) is 3.25. The van der Waals surface area contributed by atoms with Crippen LogP contribution >= 0.6 is 11.3 Å². The topological polar surface area (TPSA) is 29.3 Å². The average molecular weight is 275 g/mol. The fourth-order valence-electron chi connectivity index (χ4n) is 3.43. The van der Waals surface area contributed by atoms with Gasteiger partial charge in [0.05, 0.1) is 5.69 Å². The van der Waals surface area contributed by atoms with Gasteiger partial charge in [0, 0.05) is 30.4 Å². The van der Waals surface area contributed by atoms with Gasteiger partial charge in [-0.15, -0.1) is 11.3 Å². The minimum atomic E-state index is 0.479. The van der Waals surface area contributed by atoms with Crippen LogP contribution in [0.15, 0.2) is 17.8 Å². The fraction of sp³-hybridized carbons (Fsp3) is 0.667. The van der Waals surface area contributed by atoms with E-state index in [0.717, 1.165) is 17.4 Å². The van der Waals surface area contributed by atoms with Gasteiger partial charge in [-0.3, -0.25) is 4.40 Å². The molecular formula is C15H21N3S. The first kappa shape index (κ1) is 11.9. The summed E-state index contributed by atoms with van der Waals surface area (Å²) in [5.41, 5.74) is 1.76. The van der Waals surface area contributed by atoms with Crippen molar-refractivity contribution in [1.82, 2.24) is 14.7 Å². The molecule has 1 N–H and O–H groups in total. The van der Waals surface area contributed by atoms with Crippen molar-refractivity contribution in [2.24, 2.45) is 5.41 Å². The summed E-state index contributed by atoms with van der Waals surface area (Å²) in [4.78, 5) is 5.91. The normalized spacial score (nSPS) is 22.3. The van der Waals surface area contributed by atoms with Gasteiger partial charge in [0.1, 0.15) is 0 Å². The number of thiazole rings is 1. The number of nitrogens with one attached hydrogen (secondary N) is 1. The number of hydrogen-bond acceptors (Lipinski definition) is 3. The zero-order chi connectivity index (χ0) is 12.7. The molecule has 0 unspecified atom stereocenters. The van der Waals surface area contributed by atoms with Crippen LogP contribution in [0.1, 0.15) is 44.2 Å². The molecule has 4 rings (SSSR count). The Labute approximate surface area is 118 Å². The van der Waals surface area contributed by atoms with Crippen LogP contribution in [0.3, 0.4) is 0 Å². The number of hydrogen-bond donors (Lipinski definition) is 1. The zero-order valence-electron chi connectivity index (χ0n) is 11.3. The van der Waals surface area contributed by atoms with E-state index in [2.05, 4.69) is 27.5 Å². The Morgan fingerprint density at radius 3 is 2.95 bits per heavy atom. The molecule has 2 aliphatic carbocycles. The monoisotopic (exact) mass is 275 g/mol. The first-order chi connectivity index (χ1) is 9.33. The van der Waals surface area contributed by atoms with Crippen molar-refractivity contribution >= 4 is 16.3 Å². The minimum absolute atomic E-state index is 0.479. The Balaban J connectivity index is 1.51. The minimum Gasteiger partial charge on any atom is -0.313 e. The molecule has 0 radical (unpaired) electrons. The summed E-state index contributed by atoms with van der Waals surface area (Å²) >= 11 is 1.73. The van der Waals surface area contributed by atoms with Gasteiger partial charge < -0.3 is 5.32 Å². The van der Waals surface area contributed by atoms with E-state index in [4.69, 9.17) is 4.98 Å². The molecule has 4 heteroatoms. The molecule has 0 aliphatic heterocycles. The third-order valence-electron chi connectivity index (χ3n) is 4.71. The molecule has 0 spiro atoms.